The van der Waals surface area contributed by atoms with Crippen molar-refractivity contribution >= 4 is 12.1 Å². The van der Waals surface area contributed by atoms with Gasteiger partial charge in [-0.05, 0) is 35.9 Å². The van der Waals surface area contributed by atoms with Crippen molar-refractivity contribution in [1.29, 1.82) is 5.26 Å². The molecule has 0 unspecified atom stereocenters. The third kappa shape index (κ3) is 2.88. The Bertz CT molecular complexity index is 776. The maximum atomic E-state index is 12.0. The van der Waals surface area contributed by atoms with Crippen LogP contribution in [0.4, 0.5) is 0 Å². The molecule has 0 fully saturated rings. The van der Waals surface area contributed by atoms with Gasteiger partial charge in [0.25, 0.3) is 5.91 Å². The molecule has 6 heteroatoms. The summed E-state index contributed by atoms with van der Waals surface area (Å²) in [5.41, 5.74) is 4.22. The van der Waals surface area contributed by atoms with E-state index in [0.29, 0.717) is 22.6 Å². The molecule has 1 aliphatic heterocycles. The molecule has 2 aromatic carbocycles. The van der Waals surface area contributed by atoms with Gasteiger partial charge in [0.15, 0.2) is 11.5 Å². The second-order valence-corrected chi connectivity index (χ2v) is 4.50. The van der Waals surface area contributed by atoms with Crippen LogP contribution in [-0.4, -0.2) is 18.9 Å². The van der Waals surface area contributed by atoms with Crippen LogP contribution in [0.1, 0.15) is 21.5 Å². The summed E-state index contributed by atoms with van der Waals surface area (Å²) in [6, 6.07) is 13.8. The standard InChI is InChI=1S/C16H11N3O3/c17-8-11-1-3-12(4-2-11)9-18-19-16(20)13-5-6-14-15(7-13)22-10-21-14/h1-7,9H,10H2,(H,19,20)/b18-9-. The molecule has 108 valence electrons. The first-order valence-electron chi connectivity index (χ1n) is 6.49. The first-order valence-corrected chi connectivity index (χ1v) is 6.49. The van der Waals surface area contributed by atoms with Crippen molar-refractivity contribution in [3.05, 3.63) is 59.2 Å². The van der Waals surface area contributed by atoms with Crippen LogP contribution in [-0.2, 0) is 0 Å². The van der Waals surface area contributed by atoms with Gasteiger partial charge in [0.1, 0.15) is 0 Å². The summed E-state index contributed by atoms with van der Waals surface area (Å²) in [6.07, 6.45) is 1.51. The molecular weight excluding hydrogens is 282 g/mol. The van der Waals surface area contributed by atoms with Crippen molar-refractivity contribution in [2.75, 3.05) is 6.79 Å². The van der Waals surface area contributed by atoms with Gasteiger partial charge in [0.05, 0.1) is 17.8 Å². The molecule has 6 nitrogen and oxygen atoms in total. The van der Waals surface area contributed by atoms with Gasteiger partial charge in [-0.2, -0.15) is 10.4 Å². The fraction of sp³-hybridized carbons (Fsp3) is 0.0625. The van der Waals surface area contributed by atoms with Crippen molar-refractivity contribution in [3.8, 4) is 17.6 Å². The van der Waals surface area contributed by atoms with E-state index in [1.807, 2.05) is 6.07 Å². The Morgan fingerprint density at radius 2 is 1.95 bits per heavy atom. The minimum absolute atomic E-state index is 0.164. The lowest BCUT2D eigenvalue weighted by Crippen LogP contribution is -2.17. The molecule has 0 bridgehead atoms. The zero-order valence-electron chi connectivity index (χ0n) is 11.4. The number of amides is 1. The second kappa shape index (κ2) is 5.97. The Morgan fingerprint density at radius 1 is 1.18 bits per heavy atom. The van der Waals surface area contributed by atoms with Crippen LogP contribution >= 0.6 is 0 Å². The Labute approximate surface area is 126 Å². The number of fused-ring (bicyclic) bond motifs is 1. The number of benzene rings is 2. The highest BCUT2D eigenvalue weighted by Gasteiger charge is 2.15. The number of carbonyl (C=O) groups excluding carboxylic acids is 1. The van der Waals surface area contributed by atoms with Crippen molar-refractivity contribution in [1.82, 2.24) is 5.43 Å². The summed E-state index contributed by atoms with van der Waals surface area (Å²) >= 11 is 0. The van der Waals surface area contributed by atoms with E-state index < -0.39 is 0 Å². The SMILES string of the molecule is N#Cc1ccc(/C=N\NC(=O)c2ccc3c(c2)OCO3)cc1. The number of ether oxygens (including phenoxy) is 2. The zero-order valence-corrected chi connectivity index (χ0v) is 11.4. The molecule has 0 radical (unpaired) electrons. The minimum atomic E-state index is -0.344. The van der Waals surface area contributed by atoms with E-state index in [9.17, 15) is 4.79 Å². The van der Waals surface area contributed by atoms with Crippen molar-refractivity contribution in [2.45, 2.75) is 0 Å². The topological polar surface area (TPSA) is 83.7 Å². The summed E-state index contributed by atoms with van der Waals surface area (Å²) < 4.78 is 10.4. The smallest absolute Gasteiger partial charge is 0.271 e. The largest absolute Gasteiger partial charge is 0.454 e. The average molecular weight is 293 g/mol. The van der Waals surface area contributed by atoms with Gasteiger partial charge in [0.2, 0.25) is 6.79 Å². The lowest BCUT2D eigenvalue weighted by atomic mass is 10.2. The Hall–Kier alpha value is -3.33. The highest BCUT2D eigenvalue weighted by molar-refractivity contribution is 5.95. The molecule has 1 N–H and O–H groups in total. The van der Waals surface area contributed by atoms with Crippen LogP contribution in [0.3, 0.4) is 0 Å². The zero-order chi connectivity index (χ0) is 15.4. The highest BCUT2D eigenvalue weighted by atomic mass is 16.7. The quantitative estimate of drug-likeness (QED) is 0.693. The van der Waals surface area contributed by atoms with Gasteiger partial charge in [-0.3, -0.25) is 4.79 Å². The van der Waals surface area contributed by atoms with Gasteiger partial charge >= 0.3 is 0 Å². The third-order valence-electron chi connectivity index (χ3n) is 3.05. The highest BCUT2D eigenvalue weighted by Crippen LogP contribution is 2.32. The summed E-state index contributed by atoms with van der Waals surface area (Å²) in [4.78, 5) is 12.0. The van der Waals surface area contributed by atoms with Crippen LogP contribution in [0.15, 0.2) is 47.6 Å². The van der Waals surface area contributed by atoms with Crippen molar-refractivity contribution in [3.63, 3.8) is 0 Å². The van der Waals surface area contributed by atoms with E-state index in [1.54, 1.807) is 42.5 Å². The van der Waals surface area contributed by atoms with E-state index >= 15 is 0 Å². The van der Waals surface area contributed by atoms with E-state index in [0.717, 1.165) is 5.56 Å². The van der Waals surface area contributed by atoms with Gasteiger partial charge in [-0.15, -0.1) is 0 Å². The summed E-state index contributed by atoms with van der Waals surface area (Å²) in [7, 11) is 0. The molecule has 22 heavy (non-hydrogen) atoms. The molecule has 0 aromatic heterocycles. The van der Waals surface area contributed by atoms with Crippen LogP contribution in [0.2, 0.25) is 0 Å². The van der Waals surface area contributed by atoms with E-state index in [2.05, 4.69) is 10.5 Å². The lowest BCUT2D eigenvalue weighted by molar-refractivity contribution is 0.0954. The third-order valence-corrected chi connectivity index (χ3v) is 3.05. The molecule has 0 saturated heterocycles. The average Bonchev–Trinajstić information content (AvgIpc) is 3.03. The van der Waals surface area contributed by atoms with Crippen LogP contribution in [0, 0.1) is 11.3 Å². The second-order valence-electron chi connectivity index (χ2n) is 4.50. The number of hydrogen-bond acceptors (Lipinski definition) is 5. The number of nitrogens with one attached hydrogen (secondary N) is 1. The maximum absolute atomic E-state index is 12.0. The number of nitriles is 1. The molecule has 2 aromatic rings. The van der Waals surface area contributed by atoms with Crippen LogP contribution < -0.4 is 14.9 Å². The van der Waals surface area contributed by atoms with Crippen molar-refractivity contribution < 1.29 is 14.3 Å². The van der Waals surface area contributed by atoms with Gasteiger partial charge < -0.3 is 9.47 Å². The normalized spacial score (nSPS) is 12.1. The van der Waals surface area contributed by atoms with E-state index in [1.165, 1.54) is 6.21 Å². The Kier molecular flexibility index (Phi) is 3.70. The molecule has 1 amide bonds. The maximum Gasteiger partial charge on any atom is 0.271 e. The van der Waals surface area contributed by atoms with E-state index in [-0.39, 0.29) is 12.7 Å². The molecule has 1 heterocycles. The molecule has 0 aliphatic carbocycles. The molecule has 3 rings (SSSR count). The fourth-order valence-corrected chi connectivity index (χ4v) is 1.91. The number of nitrogens with zero attached hydrogens (tertiary/aromatic N) is 2. The summed E-state index contributed by atoms with van der Waals surface area (Å²) in [6.45, 7) is 0.164. The molecule has 0 saturated carbocycles. The van der Waals surface area contributed by atoms with Gasteiger partial charge in [-0.1, -0.05) is 12.1 Å². The predicted molar refractivity (Wildman–Crippen MR) is 78.8 cm³/mol. The van der Waals surface area contributed by atoms with Gasteiger partial charge in [0, 0.05) is 5.56 Å². The number of hydrazone groups is 1. The number of carbonyl (C=O) groups is 1. The van der Waals surface area contributed by atoms with E-state index in [4.69, 9.17) is 14.7 Å². The number of rotatable bonds is 3. The first kappa shape index (κ1) is 13.6. The Balaban J connectivity index is 1.64. The van der Waals surface area contributed by atoms with Gasteiger partial charge in [-0.25, -0.2) is 5.43 Å². The molecule has 0 atom stereocenters. The molecular formula is C16H11N3O3. The Morgan fingerprint density at radius 3 is 2.73 bits per heavy atom. The van der Waals surface area contributed by atoms with Crippen LogP contribution in [0.5, 0.6) is 11.5 Å². The fourth-order valence-electron chi connectivity index (χ4n) is 1.91. The number of hydrogen-bond donors (Lipinski definition) is 1. The van der Waals surface area contributed by atoms with Crippen molar-refractivity contribution in [2.24, 2.45) is 5.10 Å². The summed E-state index contributed by atoms with van der Waals surface area (Å²) in [5, 5.41) is 12.6. The molecule has 0 spiro atoms. The lowest BCUT2D eigenvalue weighted by Gasteiger charge is -2.01. The van der Waals surface area contributed by atoms with Crippen LogP contribution in [0.25, 0.3) is 0 Å². The molecule has 1 aliphatic rings. The predicted octanol–water partition coefficient (Wildman–Crippen LogP) is 2.05. The minimum Gasteiger partial charge on any atom is -0.454 e. The summed E-state index contributed by atoms with van der Waals surface area (Å²) in [5.74, 6) is 0.824. The monoisotopic (exact) mass is 293 g/mol. The first-order chi connectivity index (χ1) is 10.8.